The Balaban J connectivity index is 1.45. The number of hydrogen-bond donors (Lipinski definition) is 0. The van der Waals surface area contributed by atoms with Crippen molar-refractivity contribution in [2.75, 3.05) is 19.8 Å². The number of unbranched alkanes of at least 4 members (excludes halogenated alkanes) is 4. The zero-order chi connectivity index (χ0) is 31.2. The number of rotatable bonds is 16. The molecule has 0 amide bonds. The molecule has 0 radical (unpaired) electrons. The first kappa shape index (κ1) is 31.0. The highest BCUT2D eigenvalue weighted by molar-refractivity contribution is 6.20. The van der Waals surface area contributed by atoms with Crippen molar-refractivity contribution in [1.82, 2.24) is 4.57 Å². The van der Waals surface area contributed by atoms with Crippen LogP contribution in [0.4, 0.5) is 5.69 Å². The van der Waals surface area contributed by atoms with Crippen LogP contribution < -0.4 is 14.8 Å². The quantitative estimate of drug-likeness (QED) is 0.0831. The van der Waals surface area contributed by atoms with E-state index in [0.29, 0.717) is 0 Å². The maximum Gasteiger partial charge on any atom is 0.214 e. The average molecular weight is 602 g/mol. The molecule has 234 valence electrons. The summed E-state index contributed by atoms with van der Waals surface area (Å²) in [4.78, 5) is 0. The number of aromatic nitrogens is 1. The highest BCUT2D eigenvalue weighted by Gasteiger charge is 2.31. The van der Waals surface area contributed by atoms with Gasteiger partial charge in [0, 0.05) is 57.5 Å². The van der Waals surface area contributed by atoms with E-state index in [1.807, 2.05) is 0 Å². The Labute approximate surface area is 268 Å². The summed E-state index contributed by atoms with van der Waals surface area (Å²) >= 11 is 0. The molecule has 0 fully saturated rings. The van der Waals surface area contributed by atoms with Gasteiger partial charge in [0.05, 0.1) is 24.2 Å². The fourth-order valence-electron chi connectivity index (χ4n) is 6.76. The van der Waals surface area contributed by atoms with E-state index >= 15 is 0 Å². The molecule has 0 bridgehead atoms. The molecule has 0 saturated heterocycles. The van der Waals surface area contributed by atoms with E-state index in [1.165, 1.54) is 54.8 Å². The summed E-state index contributed by atoms with van der Waals surface area (Å²) in [6.45, 7) is 12.5. The van der Waals surface area contributed by atoms with Crippen molar-refractivity contribution in [1.29, 1.82) is 0 Å². The molecule has 4 aromatic carbocycles. The summed E-state index contributed by atoms with van der Waals surface area (Å²) in [6, 6.07) is 22.2. The van der Waals surface area contributed by atoms with Gasteiger partial charge in [0.25, 0.3) is 0 Å². The third-order valence-corrected chi connectivity index (χ3v) is 9.16. The monoisotopic (exact) mass is 601 g/mol. The maximum absolute atomic E-state index is 6.27. The van der Waals surface area contributed by atoms with Crippen molar-refractivity contribution < 1.29 is 14.0 Å². The lowest BCUT2D eigenvalue weighted by Gasteiger charge is -2.10. The molecular weight excluding hydrogens is 552 g/mol. The van der Waals surface area contributed by atoms with E-state index in [0.717, 1.165) is 89.2 Å². The first-order valence-corrected chi connectivity index (χ1v) is 17.4. The van der Waals surface area contributed by atoms with Crippen molar-refractivity contribution in [3.8, 4) is 11.5 Å². The van der Waals surface area contributed by atoms with Crippen LogP contribution in [0, 0.1) is 0 Å². The Morgan fingerprint density at radius 2 is 1.31 bits per heavy atom. The standard InChI is InChI=1S/C41H49N2O2/c1-5-9-26-42-34(30-16-13-18-32-38(44-28-11-7-3)24-22-36(42)40(30)32)20-15-21-35-31-17-14-19-33-39(45-29-12-8-4)25-23-37(41(31)33)43(35)27-10-6-2/h13-25H,5-12,26-29H2,1-4H3/q+1. The molecule has 0 atom stereocenters. The molecule has 5 aromatic rings. The highest BCUT2D eigenvalue weighted by atomic mass is 16.5. The lowest BCUT2D eigenvalue weighted by atomic mass is 10.0. The van der Waals surface area contributed by atoms with Gasteiger partial charge in [-0.15, -0.1) is 0 Å². The van der Waals surface area contributed by atoms with E-state index in [2.05, 4.69) is 116 Å². The van der Waals surface area contributed by atoms with Crippen LogP contribution in [0.5, 0.6) is 11.5 Å². The second kappa shape index (κ2) is 14.4. The van der Waals surface area contributed by atoms with Crippen molar-refractivity contribution in [2.24, 2.45) is 0 Å². The predicted molar refractivity (Wildman–Crippen MR) is 192 cm³/mol. The number of nitrogens with zero attached hydrogens (tertiary/aromatic N) is 2. The minimum Gasteiger partial charge on any atom is -0.493 e. The fraction of sp³-hybridized carbons (Fsp3) is 0.390. The van der Waals surface area contributed by atoms with Crippen molar-refractivity contribution in [3.63, 3.8) is 0 Å². The van der Waals surface area contributed by atoms with E-state index in [1.54, 1.807) is 0 Å². The van der Waals surface area contributed by atoms with Crippen LogP contribution in [0.3, 0.4) is 0 Å². The average Bonchev–Trinajstić information content (AvgIpc) is 3.54. The van der Waals surface area contributed by atoms with Gasteiger partial charge >= 0.3 is 0 Å². The van der Waals surface area contributed by atoms with Crippen LogP contribution >= 0.6 is 0 Å². The van der Waals surface area contributed by atoms with E-state index in [9.17, 15) is 0 Å². The molecule has 4 nitrogen and oxygen atoms in total. The summed E-state index contributed by atoms with van der Waals surface area (Å²) in [5.41, 5.74) is 5.15. The molecule has 0 spiro atoms. The number of aryl methyl sites for hydroxylation is 1. The van der Waals surface area contributed by atoms with Gasteiger partial charge in [-0.25, -0.2) is 0 Å². The van der Waals surface area contributed by atoms with Gasteiger partial charge in [-0.3, -0.25) is 0 Å². The molecule has 1 aromatic heterocycles. The van der Waals surface area contributed by atoms with Crippen LogP contribution in [-0.4, -0.2) is 34.6 Å². The third kappa shape index (κ3) is 6.00. The molecule has 6 rings (SSSR count). The number of hydrogen-bond acceptors (Lipinski definition) is 2. The second-order valence-electron chi connectivity index (χ2n) is 12.3. The Hall–Kier alpha value is -4.05. The van der Waals surface area contributed by atoms with Gasteiger partial charge in [0.2, 0.25) is 11.4 Å². The first-order valence-electron chi connectivity index (χ1n) is 17.4. The van der Waals surface area contributed by atoms with Crippen LogP contribution in [0.1, 0.15) is 84.6 Å². The van der Waals surface area contributed by atoms with E-state index < -0.39 is 0 Å². The minimum absolute atomic E-state index is 0.759. The van der Waals surface area contributed by atoms with Crippen LogP contribution in [0.15, 0.2) is 72.8 Å². The summed E-state index contributed by atoms with van der Waals surface area (Å²) in [7, 11) is 0. The number of benzene rings is 4. The fourth-order valence-corrected chi connectivity index (χ4v) is 6.76. The van der Waals surface area contributed by atoms with Crippen molar-refractivity contribution in [2.45, 2.75) is 85.6 Å². The van der Waals surface area contributed by atoms with Gasteiger partial charge in [0.1, 0.15) is 18.0 Å². The summed E-state index contributed by atoms with van der Waals surface area (Å²) in [6.07, 6.45) is 15.9. The molecule has 45 heavy (non-hydrogen) atoms. The van der Waals surface area contributed by atoms with Gasteiger partial charge in [-0.1, -0.05) is 89.8 Å². The third-order valence-electron chi connectivity index (χ3n) is 9.16. The summed E-state index contributed by atoms with van der Waals surface area (Å²) < 4.78 is 17.6. The summed E-state index contributed by atoms with van der Waals surface area (Å²) in [5.74, 6) is 1.99. The molecule has 0 unspecified atom stereocenters. The zero-order valence-electron chi connectivity index (χ0n) is 27.7. The largest absolute Gasteiger partial charge is 0.493 e. The SMILES string of the molecule is CCCCOc1ccc2c3c(cccc13)C(C=CC=c1c3cccc4c(OCCCC)ccc(c43)n1CCCC)=[N+]2CCCC. The summed E-state index contributed by atoms with van der Waals surface area (Å²) in [5, 5.41) is 7.62. The van der Waals surface area contributed by atoms with E-state index in [4.69, 9.17) is 9.47 Å². The lowest BCUT2D eigenvalue weighted by Crippen LogP contribution is -2.16. The zero-order valence-corrected chi connectivity index (χ0v) is 27.7. The molecule has 4 heteroatoms. The van der Waals surface area contributed by atoms with Crippen LogP contribution in [-0.2, 0) is 6.54 Å². The van der Waals surface area contributed by atoms with Crippen LogP contribution in [0.25, 0.3) is 38.5 Å². The molecule has 1 aliphatic heterocycles. The van der Waals surface area contributed by atoms with Gasteiger partial charge in [0.15, 0.2) is 0 Å². The normalized spacial score (nSPS) is 13.5. The Morgan fingerprint density at radius 1 is 0.667 bits per heavy atom. The lowest BCUT2D eigenvalue weighted by molar-refractivity contribution is -0.436. The molecule has 0 saturated carbocycles. The van der Waals surface area contributed by atoms with Crippen LogP contribution in [0.2, 0.25) is 0 Å². The van der Waals surface area contributed by atoms with Crippen molar-refractivity contribution in [3.05, 3.63) is 83.7 Å². The predicted octanol–water partition coefficient (Wildman–Crippen LogP) is 10.1. The Bertz CT molecular complexity index is 1910. The first-order chi connectivity index (χ1) is 22.2. The van der Waals surface area contributed by atoms with Gasteiger partial charge in [-0.05, 0) is 49.6 Å². The minimum atomic E-state index is 0.759. The number of ether oxygens (including phenoxy) is 2. The van der Waals surface area contributed by atoms with Gasteiger partial charge < -0.3 is 14.0 Å². The molecule has 0 N–H and O–H groups in total. The molecule has 2 heterocycles. The Morgan fingerprint density at radius 3 is 2.02 bits per heavy atom. The van der Waals surface area contributed by atoms with E-state index in [-0.39, 0.29) is 0 Å². The van der Waals surface area contributed by atoms with Crippen molar-refractivity contribution >= 4 is 49.9 Å². The smallest absolute Gasteiger partial charge is 0.214 e. The second-order valence-corrected chi connectivity index (χ2v) is 12.3. The molecular formula is C41H49N2O2+. The van der Waals surface area contributed by atoms with Gasteiger partial charge in [-0.2, -0.15) is 4.58 Å². The number of allylic oxidation sites excluding steroid dienone is 2. The molecule has 1 aliphatic rings. The Kier molecular flexibility index (Phi) is 9.88. The molecule has 0 aliphatic carbocycles. The maximum atomic E-state index is 6.27. The topological polar surface area (TPSA) is 26.4 Å². The highest BCUT2D eigenvalue weighted by Crippen LogP contribution is 2.40.